The molecule has 1 aliphatic carbocycles. The third kappa shape index (κ3) is 7.43. The van der Waals surface area contributed by atoms with Gasteiger partial charge in [0.15, 0.2) is 0 Å². The van der Waals surface area contributed by atoms with Gasteiger partial charge in [-0.25, -0.2) is 9.78 Å². The zero-order valence-corrected chi connectivity index (χ0v) is 19.9. The predicted molar refractivity (Wildman–Crippen MR) is 127 cm³/mol. The van der Waals surface area contributed by atoms with Gasteiger partial charge in [0.25, 0.3) is 0 Å². The molecule has 2 heterocycles. The highest BCUT2D eigenvalue weighted by molar-refractivity contribution is 5.87. The Kier molecular flexibility index (Phi) is 8.67. The smallest absolute Gasteiger partial charge is 0.326 e. The first-order chi connectivity index (χ1) is 15.8. The molecule has 1 saturated carbocycles. The van der Waals surface area contributed by atoms with Crippen molar-refractivity contribution < 1.29 is 14.7 Å². The number of hydrogen-bond donors (Lipinski definition) is 3. The number of nitriles is 1. The molecule has 1 aliphatic heterocycles. The van der Waals surface area contributed by atoms with Crippen LogP contribution in [-0.4, -0.2) is 58.6 Å². The summed E-state index contributed by atoms with van der Waals surface area (Å²) in [5, 5.41) is 24.5. The molecule has 1 fully saturated rings. The van der Waals surface area contributed by atoms with E-state index in [4.69, 9.17) is 10.2 Å². The van der Waals surface area contributed by atoms with Gasteiger partial charge in [-0.05, 0) is 69.5 Å². The van der Waals surface area contributed by atoms with E-state index in [2.05, 4.69) is 27.7 Å². The van der Waals surface area contributed by atoms with E-state index in [1.807, 2.05) is 6.07 Å². The minimum atomic E-state index is -1.03. The maximum atomic E-state index is 12.4. The van der Waals surface area contributed by atoms with Crippen molar-refractivity contribution in [3.63, 3.8) is 0 Å². The minimum absolute atomic E-state index is 0.0501. The third-order valence-electron chi connectivity index (χ3n) is 6.59. The van der Waals surface area contributed by atoms with E-state index in [9.17, 15) is 14.7 Å². The first-order valence-electron chi connectivity index (χ1n) is 12.2. The number of carbonyl (C=O) groups is 2. The number of aliphatic carboxylic acids is 1. The maximum absolute atomic E-state index is 12.4. The lowest BCUT2D eigenvalue weighted by atomic mass is 9.88. The molecule has 0 aromatic carbocycles. The molecule has 2 aliphatic rings. The zero-order chi connectivity index (χ0) is 23.8. The number of carboxylic acid groups (broad SMARTS) is 1. The maximum Gasteiger partial charge on any atom is 0.326 e. The number of aromatic nitrogens is 1. The second-order valence-electron chi connectivity index (χ2n) is 9.94. The van der Waals surface area contributed by atoms with Crippen molar-refractivity contribution in [2.24, 2.45) is 5.41 Å². The number of hydrogen-bond acceptors (Lipinski definition) is 6. The summed E-state index contributed by atoms with van der Waals surface area (Å²) < 4.78 is 0. The fourth-order valence-electron chi connectivity index (χ4n) is 4.23. The third-order valence-corrected chi connectivity index (χ3v) is 6.59. The molecule has 0 radical (unpaired) electrons. The molecule has 1 atom stereocenters. The van der Waals surface area contributed by atoms with Crippen molar-refractivity contribution in [2.45, 2.75) is 83.7 Å². The van der Waals surface area contributed by atoms with E-state index < -0.39 is 17.4 Å². The van der Waals surface area contributed by atoms with Crippen molar-refractivity contribution >= 4 is 17.7 Å². The Hall–Kier alpha value is -2.66. The fraction of sp³-hybridized carbons (Fsp3) is 0.680. The summed E-state index contributed by atoms with van der Waals surface area (Å²) >= 11 is 0. The second-order valence-corrected chi connectivity index (χ2v) is 9.94. The van der Waals surface area contributed by atoms with Gasteiger partial charge in [0.05, 0.1) is 11.5 Å². The van der Waals surface area contributed by atoms with Crippen molar-refractivity contribution in [3.8, 4) is 6.07 Å². The summed E-state index contributed by atoms with van der Waals surface area (Å²) in [4.78, 5) is 31.3. The molecule has 0 bridgehead atoms. The van der Waals surface area contributed by atoms with Crippen LogP contribution in [0.2, 0.25) is 0 Å². The van der Waals surface area contributed by atoms with Gasteiger partial charge in [-0.3, -0.25) is 4.79 Å². The molecule has 3 N–H and O–H groups in total. The van der Waals surface area contributed by atoms with E-state index >= 15 is 0 Å². The number of carbonyl (C=O) groups excluding carboxylic acids is 1. The molecule has 180 valence electrons. The molecule has 0 saturated heterocycles. The second kappa shape index (κ2) is 11.5. The molecule has 8 nitrogen and oxygen atoms in total. The van der Waals surface area contributed by atoms with Crippen molar-refractivity contribution in [3.05, 3.63) is 23.4 Å². The van der Waals surface area contributed by atoms with Crippen LogP contribution >= 0.6 is 0 Å². The minimum Gasteiger partial charge on any atom is -0.480 e. The van der Waals surface area contributed by atoms with Crippen molar-refractivity contribution in [1.82, 2.24) is 15.2 Å². The lowest BCUT2D eigenvalue weighted by molar-refractivity contribution is -0.143. The van der Waals surface area contributed by atoms with Gasteiger partial charge in [0.2, 0.25) is 5.91 Å². The van der Waals surface area contributed by atoms with Crippen molar-refractivity contribution in [2.75, 3.05) is 25.0 Å². The van der Waals surface area contributed by atoms with Gasteiger partial charge in [-0.15, -0.1) is 0 Å². The SMILES string of the molecule is CC(C)(CC#N)C(=O)NC(CCN(CCCCc1ccc2c(n1)NCCC2)C1CC1)C(=O)O. The Morgan fingerprint density at radius 1 is 1.33 bits per heavy atom. The summed E-state index contributed by atoms with van der Waals surface area (Å²) in [6.45, 7) is 5.88. The fourth-order valence-corrected chi connectivity index (χ4v) is 4.23. The lowest BCUT2D eigenvalue weighted by Gasteiger charge is -2.26. The van der Waals surface area contributed by atoms with Crippen LogP contribution in [0.1, 0.15) is 70.1 Å². The highest BCUT2D eigenvalue weighted by atomic mass is 16.4. The largest absolute Gasteiger partial charge is 0.480 e. The number of aryl methyl sites for hydroxylation is 2. The first kappa shape index (κ1) is 25.0. The molecule has 1 aromatic rings. The number of pyridine rings is 1. The van der Waals surface area contributed by atoms with Crippen LogP contribution in [0.15, 0.2) is 12.1 Å². The predicted octanol–water partition coefficient (Wildman–Crippen LogP) is 3.13. The quantitative estimate of drug-likeness (QED) is 0.391. The van der Waals surface area contributed by atoms with Gasteiger partial charge in [0, 0.05) is 31.2 Å². The molecule has 1 unspecified atom stereocenters. The Bertz CT molecular complexity index is 875. The molecule has 1 aromatic heterocycles. The molecular weight excluding hydrogens is 418 g/mol. The Labute approximate surface area is 196 Å². The van der Waals surface area contributed by atoms with E-state index in [1.54, 1.807) is 13.8 Å². The van der Waals surface area contributed by atoms with Gasteiger partial charge in [-0.1, -0.05) is 19.9 Å². The van der Waals surface area contributed by atoms with Gasteiger partial charge >= 0.3 is 5.97 Å². The number of rotatable bonds is 13. The average Bonchev–Trinajstić information content (AvgIpc) is 3.62. The van der Waals surface area contributed by atoms with Gasteiger partial charge in [-0.2, -0.15) is 5.26 Å². The highest BCUT2D eigenvalue weighted by Gasteiger charge is 2.33. The van der Waals surface area contributed by atoms with Crippen LogP contribution in [0.5, 0.6) is 0 Å². The van der Waals surface area contributed by atoms with Gasteiger partial charge in [0.1, 0.15) is 11.9 Å². The van der Waals surface area contributed by atoms with E-state index in [0.717, 1.165) is 69.5 Å². The van der Waals surface area contributed by atoms with Crippen LogP contribution in [0.25, 0.3) is 0 Å². The van der Waals surface area contributed by atoms with E-state index in [-0.39, 0.29) is 12.3 Å². The first-order valence-corrected chi connectivity index (χ1v) is 12.2. The molecular formula is C25H37N5O3. The average molecular weight is 456 g/mol. The Morgan fingerprint density at radius 2 is 2.12 bits per heavy atom. The van der Waals surface area contributed by atoms with E-state index in [1.165, 1.54) is 5.56 Å². The number of nitrogens with one attached hydrogen (secondary N) is 2. The Morgan fingerprint density at radius 3 is 2.82 bits per heavy atom. The van der Waals surface area contributed by atoms with Crippen molar-refractivity contribution in [1.29, 1.82) is 5.26 Å². The zero-order valence-electron chi connectivity index (χ0n) is 19.9. The van der Waals surface area contributed by atoms with Gasteiger partial charge < -0.3 is 20.6 Å². The summed E-state index contributed by atoms with van der Waals surface area (Å²) in [6, 6.07) is 5.91. The molecule has 33 heavy (non-hydrogen) atoms. The summed E-state index contributed by atoms with van der Waals surface area (Å²) in [6.07, 6.45) is 7.98. The molecule has 1 amide bonds. The molecule has 0 spiro atoms. The molecule has 3 rings (SSSR count). The van der Waals surface area contributed by atoms with E-state index in [0.29, 0.717) is 19.0 Å². The molecule has 8 heteroatoms. The number of unbranched alkanes of at least 4 members (excludes halogenated alkanes) is 1. The highest BCUT2D eigenvalue weighted by Crippen LogP contribution is 2.28. The Balaban J connectivity index is 1.44. The monoisotopic (exact) mass is 455 g/mol. The summed E-state index contributed by atoms with van der Waals surface area (Å²) in [7, 11) is 0. The topological polar surface area (TPSA) is 118 Å². The summed E-state index contributed by atoms with van der Waals surface area (Å²) in [5.41, 5.74) is 1.52. The number of fused-ring (bicyclic) bond motifs is 1. The van der Waals surface area contributed by atoms with Crippen LogP contribution in [0.4, 0.5) is 5.82 Å². The standard InChI is InChI=1S/C25H37N5O3/c1-25(2,13-14-26)24(33)29-21(23(31)32)12-17-30(20-10-11-20)16-4-3-7-19-9-8-18-6-5-15-27-22(18)28-19/h8-9,20-21H,3-7,10-13,15-17H2,1-2H3,(H,27,28)(H,29,33)(H,31,32). The number of carboxylic acids is 1. The van der Waals surface area contributed by atoms with Crippen LogP contribution in [-0.2, 0) is 22.4 Å². The van der Waals surface area contributed by atoms with Crippen LogP contribution in [0, 0.1) is 16.7 Å². The van der Waals surface area contributed by atoms with Crippen LogP contribution < -0.4 is 10.6 Å². The normalized spacial score (nSPS) is 16.4. The number of anilines is 1. The summed E-state index contributed by atoms with van der Waals surface area (Å²) in [5.74, 6) is -0.376. The lowest BCUT2D eigenvalue weighted by Crippen LogP contribution is -2.48. The van der Waals surface area contributed by atoms with Crippen LogP contribution in [0.3, 0.4) is 0 Å². The number of nitrogens with zero attached hydrogens (tertiary/aromatic N) is 3. The number of amides is 1.